The molecule has 0 aliphatic carbocycles. The van der Waals surface area contributed by atoms with Crippen LogP contribution in [-0.2, 0) is 10.0 Å². The number of piperazine rings is 1. The molecule has 5 rings (SSSR count). The van der Waals surface area contributed by atoms with E-state index in [1.165, 1.54) is 23.3 Å². The third kappa shape index (κ3) is 4.96. The van der Waals surface area contributed by atoms with E-state index in [0.29, 0.717) is 34.5 Å². The molecule has 37 heavy (non-hydrogen) atoms. The molecule has 1 aliphatic heterocycles. The number of nitrogens with zero attached hydrogens (tertiary/aromatic N) is 7. The Morgan fingerprint density at radius 3 is 2.49 bits per heavy atom. The maximum Gasteiger partial charge on any atom is 0.232 e. The fourth-order valence-electron chi connectivity index (χ4n) is 4.32. The summed E-state index contributed by atoms with van der Waals surface area (Å²) in [6.07, 6.45) is 7.98. The van der Waals surface area contributed by atoms with Crippen molar-refractivity contribution in [3.05, 3.63) is 54.9 Å². The molecule has 0 radical (unpaired) electrons. The summed E-state index contributed by atoms with van der Waals surface area (Å²) in [5.74, 6) is -1.59. The van der Waals surface area contributed by atoms with Crippen molar-refractivity contribution < 1.29 is 17.2 Å². The molecule has 1 aliphatic rings. The maximum atomic E-state index is 15.7. The third-order valence-electron chi connectivity index (χ3n) is 6.23. The average molecular weight is 529 g/mol. The van der Waals surface area contributed by atoms with Gasteiger partial charge in [-0.25, -0.2) is 37.1 Å². The largest absolute Gasteiger partial charge is 0.338 e. The Kier molecular flexibility index (Phi) is 6.73. The van der Waals surface area contributed by atoms with Crippen LogP contribution in [0.2, 0.25) is 0 Å². The lowest BCUT2D eigenvalue weighted by Crippen LogP contribution is -2.45. The number of benzene rings is 1. The van der Waals surface area contributed by atoms with Crippen LogP contribution in [0, 0.1) is 11.6 Å². The summed E-state index contributed by atoms with van der Waals surface area (Å²) in [5.41, 5.74) is 1.20. The highest BCUT2D eigenvalue weighted by Crippen LogP contribution is 2.35. The molecule has 4 aromatic rings. The zero-order valence-electron chi connectivity index (χ0n) is 20.4. The molecule has 4 heterocycles. The van der Waals surface area contributed by atoms with Gasteiger partial charge in [0.15, 0.2) is 5.82 Å². The molecule has 1 aromatic carbocycles. The zero-order chi connectivity index (χ0) is 26.2. The molecule has 0 bridgehead atoms. The van der Waals surface area contributed by atoms with Gasteiger partial charge in [0.2, 0.25) is 16.0 Å². The first-order chi connectivity index (χ1) is 17.8. The second-order valence-corrected chi connectivity index (χ2v) is 10.8. The first-order valence-corrected chi connectivity index (χ1v) is 13.5. The van der Waals surface area contributed by atoms with E-state index in [0.717, 1.165) is 38.3 Å². The van der Waals surface area contributed by atoms with E-state index in [9.17, 15) is 8.42 Å². The monoisotopic (exact) mass is 528 g/mol. The minimum Gasteiger partial charge on any atom is -0.338 e. The van der Waals surface area contributed by atoms with Gasteiger partial charge in [0.25, 0.3) is 0 Å². The lowest BCUT2D eigenvalue weighted by molar-refractivity contribution is 0.311. The van der Waals surface area contributed by atoms with Crippen LogP contribution >= 0.6 is 0 Å². The Hall–Kier alpha value is -3.71. The Morgan fingerprint density at radius 2 is 1.78 bits per heavy atom. The van der Waals surface area contributed by atoms with Gasteiger partial charge in [0.1, 0.15) is 23.3 Å². The second-order valence-electron chi connectivity index (χ2n) is 8.91. The van der Waals surface area contributed by atoms with Crippen LogP contribution < -0.4 is 9.62 Å². The first kappa shape index (κ1) is 25.0. The summed E-state index contributed by atoms with van der Waals surface area (Å²) in [6.45, 7) is 4.91. The second kappa shape index (κ2) is 9.98. The Balaban J connectivity index is 1.67. The number of hydrogen-bond donors (Lipinski definition) is 1. The number of anilines is 2. The van der Waals surface area contributed by atoms with E-state index in [-0.39, 0.29) is 11.4 Å². The van der Waals surface area contributed by atoms with Gasteiger partial charge in [-0.15, -0.1) is 0 Å². The highest BCUT2D eigenvalue weighted by Gasteiger charge is 2.24. The minimum atomic E-state index is -3.79. The van der Waals surface area contributed by atoms with Crippen molar-refractivity contribution in [1.29, 1.82) is 0 Å². The lowest BCUT2D eigenvalue weighted by atomic mass is 10.1. The summed E-state index contributed by atoms with van der Waals surface area (Å²) in [5, 5.41) is 0. The fourth-order valence-corrected chi connectivity index (χ4v) is 5.45. The molecule has 0 unspecified atom stereocenters. The summed E-state index contributed by atoms with van der Waals surface area (Å²) >= 11 is 0. The number of nitrogens with one attached hydrogen (secondary N) is 1. The van der Waals surface area contributed by atoms with E-state index in [1.54, 1.807) is 19.3 Å². The summed E-state index contributed by atoms with van der Waals surface area (Å²) in [4.78, 5) is 21.7. The molecular formula is C24H26F2N8O2S. The van der Waals surface area contributed by atoms with Crippen LogP contribution in [0.5, 0.6) is 0 Å². The molecule has 194 valence electrons. The summed E-state index contributed by atoms with van der Waals surface area (Å²) in [6, 6.07) is 2.10. The molecule has 1 fully saturated rings. The van der Waals surface area contributed by atoms with Crippen LogP contribution in [0.4, 0.5) is 20.4 Å². The van der Waals surface area contributed by atoms with E-state index < -0.39 is 27.3 Å². The Bertz CT molecular complexity index is 1540. The predicted octanol–water partition coefficient (Wildman–Crippen LogP) is 3.06. The van der Waals surface area contributed by atoms with Crippen LogP contribution in [0.15, 0.2) is 43.2 Å². The molecule has 13 heteroatoms. The molecular weight excluding hydrogens is 502 g/mol. The van der Waals surface area contributed by atoms with Crippen molar-refractivity contribution in [1.82, 2.24) is 29.4 Å². The molecule has 0 amide bonds. The van der Waals surface area contributed by atoms with Crippen molar-refractivity contribution in [3.8, 4) is 16.8 Å². The maximum absolute atomic E-state index is 15.7. The average Bonchev–Trinajstić information content (AvgIpc) is 3.25. The van der Waals surface area contributed by atoms with Crippen LogP contribution in [0.3, 0.4) is 0 Å². The highest BCUT2D eigenvalue weighted by atomic mass is 32.2. The quantitative estimate of drug-likeness (QED) is 0.390. The highest BCUT2D eigenvalue weighted by molar-refractivity contribution is 7.92. The smallest absolute Gasteiger partial charge is 0.232 e. The topological polar surface area (TPSA) is 109 Å². The number of fused-ring (bicyclic) bond motifs is 1. The van der Waals surface area contributed by atoms with E-state index >= 15 is 8.78 Å². The Labute approximate surface area is 213 Å². The number of aromatic nitrogens is 5. The normalized spacial score (nSPS) is 14.9. The van der Waals surface area contributed by atoms with Gasteiger partial charge in [-0.3, -0.25) is 4.72 Å². The number of likely N-dealkylation sites (N-methyl/N-ethyl adjacent to an activating group) is 1. The van der Waals surface area contributed by atoms with E-state index in [2.05, 4.69) is 36.5 Å². The van der Waals surface area contributed by atoms with Crippen molar-refractivity contribution >= 4 is 32.7 Å². The number of halogens is 2. The van der Waals surface area contributed by atoms with Crippen LogP contribution in [-0.4, -0.2) is 76.8 Å². The van der Waals surface area contributed by atoms with Crippen molar-refractivity contribution in [2.75, 3.05) is 48.6 Å². The molecule has 0 saturated carbocycles. The van der Waals surface area contributed by atoms with Crippen molar-refractivity contribution in [2.45, 2.75) is 13.3 Å². The lowest BCUT2D eigenvalue weighted by Gasteiger charge is -2.32. The first-order valence-electron chi connectivity index (χ1n) is 11.8. The summed E-state index contributed by atoms with van der Waals surface area (Å²) in [7, 11) is -1.74. The van der Waals surface area contributed by atoms with Gasteiger partial charge >= 0.3 is 0 Å². The van der Waals surface area contributed by atoms with Gasteiger partial charge in [0.05, 0.1) is 23.2 Å². The van der Waals surface area contributed by atoms with Gasteiger partial charge < -0.3 is 14.4 Å². The fraction of sp³-hybridized carbons (Fsp3) is 0.333. The predicted molar refractivity (Wildman–Crippen MR) is 137 cm³/mol. The van der Waals surface area contributed by atoms with Crippen molar-refractivity contribution in [3.63, 3.8) is 0 Å². The van der Waals surface area contributed by atoms with Crippen molar-refractivity contribution in [2.24, 2.45) is 0 Å². The SMILES string of the molecule is CCCS(=O)(=O)Nc1ccc(F)c(-n2cc(-c3cncnc3)c3nc(N4CCN(C)CC4)ncc32)c1F. The number of hydrogen-bond acceptors (Lipinski definition) is 8. The molecule has 1 saturated heterocycles. The minimum absolute atomic E-state index is 0.188. The molecule has 0 spiro atoms. The van der Waals surface area contributed by atoms with Crippen LogP contribution in [0.1, 0.15) is 13.3 Å². The van der Waals surface area contributed by atoms with E-state index in [4.69, 9.17) is 4.98 Å². The zero-order valence-corrected chi connectivity index (χ0v) is 21.2. The van der Waals surface area contributed by atoms with Crippen LogP contribution in [0.25, 0.3) is 27.8 Å². The van der Waals surface area contributed by atoms with E-state index in [1.807, 2.05) is 0 Å². The number of sulfonamides is 1. The number of rotatable bonds is 7. The van der Waals surface area contributed by atoms with Gasteiger partial charge in [-0.2, -0.15) is 0 Å². The molecule has 3 aromatic heterocycles. The standard InChI is InChI=1S/C24H26F2N8O2S/c1-3-10-37(35,36)31-19-5-4-18(25)23(21(19)26)34-14-17(16-11-27-15-28-12-16)22-20(34)13-29-24(30-22)33-8-6-32(2)7-9-33/h4-5,11-15,31H,3,6-10H2,1-2H3. The molecule has 1 N–H and O–H groups in total. The molecule has 0 atom stereocenters. The Morgan fingerprint density at radius 1 is 1.05 bits per heavy atom. The van der Waals surface area contributed by atoms with Gasteiger partial charge in [-0.1, -0.05) is 6.92 Å². The third-order valence-corrected chi connectivity index (χ3v) is 7.71. The van der Waals surface area contributed by atoms with Gasteiger partial charge in [0, 0.05) is 55.9 Å². The van der Waals surface area contributed by atoms with Gasteiger partial charge in [-0.05, 0) is 25.6 Å². The summed E-state index contributed by atoms with van der Waals surface area (Å²) < 4.78 is 58.9. The molecule has 10 nitrogen and oxygen atoms in total.